The Bertz CT molecular complexity index is 238. The third-order valence-electron chi connectivity index (χ3n) is 3.35. The molecule has 3 N–H and O–H groups in total. The molecule has 0 bridgehead atoms. The molecule has 0 aromatic carbocycles. The van der Waals surface area contributed by atoms with Crippen molar-refractivity contribution in [3.63, 3.8) is 0 Å². The molecule has 4 heteroatoms. The first kappa shape index (κ1) is 15.4. The lowest BCUT2D eigenvalue weighted by Crippen LogP contribution is -2.41. The maximum absolute atomic E-state index is 12.1. The smallest absolute Gasteiger partial charge is 0.323 e. The van der Waals surface area contributed by atoms with Gasteiger partial charge in [-0.25, -0.2) is 0 Å². The summed E-state index contributed by atoms with van der Waals surface area (Å²) in [6.45, 7) is 5.69. The van der Waals surface area contributed by atoms with Gasteiger partial charge in [0, 0.05) is 0 Å². The van der Waals surface area contributed by atoms with Gasteiger partial charge in [0.2, 0.25) is 0 Å². The van der Waals surface area contributed by atoms with E-state index < -0.39 is 0 Å². The number of ether oxygens (including phenoxy) is 1. The van der Waals surface area contributed by atoms with Crippen molar-refractivity contribution >= 4 is 5.97 Å². The summed E-state index contributed by atoms with van der Waals surface area (Å²) in [5.41, 5.74) is 5.47. The highest BCUT2D eigenvalue weighted by Gasteiger charge is 2.25. The number of carbonyl (C=O) groups is 1. The minimum Gasteiger partial charge on any atom is -0.461 e. The highest BCUT2D eigenvalue weighted by molar-refractivity contribution is 5.76. The van der Waals surface area contributed by atoms with Crippen LogP contribution < -0.4 is 11.1 Å². The molecule has 0 amide bonds. The van der Waals surface area contributed by atoms with E-state index >= 15 is 0 Å². The fourth-order valence-corrected chi connectivity index (χ4v) is 2.37. The van der Waals surface area contributed by atoms with E-state index in [-0.39, 0.29) is 18.1 Å². The van der Waals surface area contributed by atoms with Crippen LogP contribution in [0.5, 0.6) is 0 Å². The molecule has 1 rings (SSSR count). The second-order valence-electron chi connectivity index (χ2n) is 5.62. The number of nitrogens with one attached hydrogen (secondary N) is 1. The van der Waals surface area contributed by atoms with Gasteiger partial charge < -0.3 is 15.8 Å². The molecule has 1 aliphatic rings. The highest BCUT2D eigenvalue weighted by atomic mass is 16.5. The molecule has 1 saturated carbocycles. The van der Waals surface area contributed by atoms with Gasteiger partial charge in [-0.1, -0.05) is 13.8 Å². The molecule has 0 aromatic rings. The van der Waals surface area contributed by atoms with Gasteiger partial charge in [0.15, 0.2) is 0 Å². The average Bonchev–Trinajstić information content (AvgIpc) is 2.80. The third-order valence-corrected chi connectivity index (χ3v) is 3.35. The molecule has 1 aliphatic carbocycles. The first-order valence-electron chi connectivity index (χ1n) is 7.27. The van der Waals surface area contributed by atoms with Crippen LogP contribution in [0.3, 0.4) is 0 Å². The molecule has 0 heterocycles. The van der Waals surface area contributed by atoms with Crippen LogP contribution >= 0.6 is 0 Å². The van der Waals surface area contributed by atoms with E-state index in [4.69, 9.17) is 10.5 Å². The van der Waals surface area contributed by atoms with Gasteiger partial charge in [-0.2, -0.15) is 0 Å². The van der Waals surface area contributed by atoms with Crippen LogP contribution in [0.25, 0.3) is 0 Å². The van der Waals surface area contributed by atoms with Crippen LogP contribution in [0.2, 0.25) is 0 Å². The maximum atomic E-state index is 12.1. The van der Waals surface area contributed by atoms with Crippen molar-refractivity contribution in [2.24, 2.45) is 11.7 Å². The summed E-state index contributed by atoms with van der Waals surface area (Å²) >= 11 is 0. The molecule has 0 saturated heterocycles. The lowest BCUT2D eigenvalue weighted by molar-refractivity contribution is -0.151. The fourth-order valence-electron chi connectivity index (χ4n) is 2.37. The molecule has 1 unspecified atom stereocenters. The number of carbonyl (C=O) groups excluding carboxylic acids is 1. The Kier molecular flexibility index (Phi) is 7.28. The summed E-state index contributed by atoms with van der Waals surface area (Å²) < 4.78 is 5.57. The summed E-state index contributed by atoms with van der Waals surface area (Å²) in [7, 11) is 0. The minimum absolute atomic E-state index is 0.0763. The normalized spacial score (nSPS) is 18.2. The van der Waals surface area contributed by atoms with Crippen molar-refractivity contribution in [1.82, 2.24) is 5.32 Å². The second-order valence-corrected chi connectivity index (χ2v) is 5.62. The summed E-state index contributed by atoms with van der Waals surface area (Å²) in [6.07, 6.45) is 6.32. The Labute approximate surface area is 111 Å². The van der Waals surface area contributed by atoms with Crippen molar-refractivity contribution in [1.29, 1.82) is 0 Å². The Morgan fingerprint density at radius 1 is 1.39 bits per heavy atom. The Hall–Kier alpha value is -0.610. The molecular formula is C14H28N2O2. The van der Waals surface area contributed by atoms with E-state index in [1.807, 2.05) is 0 Å². The number of hydrogen-bond acceptors (Lipinski definition) is 4. The standard InChI is InChI=1S/C14H28N2O2/c1-11(2)10-13(16-9-5-8-15)14(17)18-12-6-3-4-7-12/h11-13,16H,3-10,15H2,1-2H3. The lowest BCUT2D eigenvalue weighted by atomic mass is 10.0. The number of hydrogen-bond donors (Lipinski definition) is 2. The van der Waals surface area contributed by atoms with Gasteiger partial charge >= 0.3 is 5.97 Å². The largest absolute Gasteiger partial charge is 0.461 e. The topological polar surface area (TPSA) is 64.3 Å². The molecule has 0 spiro atoms. The molecule has 1 fully saturated rings. The number of rotatable bonds is 8. The summed E-state index contributed by atoms with van der Waals surface area (Å²) in [6, 6.07) is -0.169. The zero-order chi connectivity index (χ0) is 13.4. The summed E-state index contributed by atoms with van der Waals surface area (Å²) in [5.74, 6) is 0.407. The first-order valence-corrected chi connectivity index (χ1v) is 7.27. The summed E-state index contributed by atoms with van der Waals surface area (Å²) in [4.78, 5) is 12.1. The van der Waals surface area contributed by atoms with E-state index in [0.717, 1.165) is 32.2 Å². The molecule has 106 valence electrons. The van der Waals surface area contributed by atoms with Crippen LogP contribution in [0, 0.1) is 5.92 Å². The van der Waals surface area contributed by atoms with E-state index in [1.54, 1.807) is 0 Å². The number of esters is 1. The lowest BCUT2D eigenvalue weighted by Gasteiger charge is -2.21. The van der Waals surface area contributed by atoms with Crippen molar-refractivity contribution < 1.29 is 9.53 Å². The molecule has 4 nitrogen and oxygen atoms in total. The van der Waals surface area contributed by atoms with Crippen molar-refractivity contribution in [3.8, 4) is 0 Å². The van der Waals surface area contributed by atoms with E-state index in [9.17, 15) is 4.79 Å². The van der Waals surface area contributed by atoms with Crippen LogP contribution in [0.4, 0.5) is 0 Å². The van der Waals surface area contributed by atoms with Crippen molar-refractivity contribution in [2.75, 3.05) is 13.1 Å². The minimum atomic E-state index is -0.169. The quantitative estimate of drug-likeness (QED) is 0.513. The van der Waals surface area contributed by atoms with Crippen LogP contribution in [0.1, 0.15) is 52.4 Å². The third kappa shape index (κ3) is 5.83. The molecule has 18 heavy (non-hydrogen) atoms. The predicted octanol–water partition coefficient (Wildman–Crippen LogP) is 1.83. The predicted molar refractivity (Wildman–Crippen MR) is 73.3 cm³/mol. The Balaban J connectivity index is 2.38. The second kappa shape index (κ2) is 8.48. The SMILES string of the molecule is CC(C)CC(NCCCN)C(=O)OC1CCCC1. The Morgan fingerprint density at radius 3 is 2.61 bits per heavy atom. The van der Waals surface area contributed by atoms with Gasteiger partial charge in [-0.05, 0) is 57.5 Å². The fraction of sp³-hybridized carbons (Fsp3) is 0.929. The van der Waals surface area contributed by atoms with Crippen LogP contribution in [-0.2, 0) is 9.53 Å². The van der Waals surface area contributed by atoms with Crippen molar-refractivity contribution in [2.45, 2.75) is 64.5 Å². The van der Waals surface area contributed by atoms with Gasteiger partial charge in [0.05, 0.1) is 0 Å². The summed E-state index contributed by atoms with van der Waals surface area (Å²) in [5, 5.41) is 3.27. The molecule has 1 atom stereocenters. The Morgan fingerprint density at radius 2 is 2.06 bits per heavy atom. The van der Waals surface area contributed by atoms with E-state index in [0.29, 0.717) is 12.5 Å². The monoisotopic (exact) mass is 256 g/mol. The molecule has 0 radical (unpaired) electrons. The molecule has 0 aromatic heterocycles. The maximum Gasteiger partial charge on any atom is 0.323 e. The zero-order valence-electron chi connectivity index (χ0n) is 11.8. The van der Waals surface area contributed by atoms with Crippen LogP contribution in [0.15, 0.2) is 0 Å². The van der Waals surface area contributed by atoms with Gasteiger partial charge in [-0.3, -0.25) is 4.79 Å². The zero-order valence-corrected chi connectivity index (χ0v) is 11.8. The molecule has 0 aliphatic heterocycles. The van der Waals surface area contributed by atoms with Gasteiger partial charge in [0.1, 0.15) is 12.1 Å². The van der Waals surface area contributed by atoms with Crippen molar-refractivity contribution in [3.05, 3.63) is 0 Å². The van der Waals surface area contributed by atoms with Gasteiger partial charge in [-0.15, -0.1) is 0 Å². The highest BCUT2D eigenvalue weighted by Crippen LogP contribution is 2.22. The van der Waals surface area contributed by atoms with Crippen LogP contribution in [-0.4, -0.2) is 31.2 Å². The van der Waals surface area contributed by atoms with E-state index in [2.05, 4.69) is 19.2 Å². The average molecular weight is 256 g/mol. The van der Waals surface area contributed by atoms with E-state index in [1.165, 1.54) is 12.8 Å². The first-order chi connectivity index (χ1) is 8.63. The number of nitrogens with two attached hydrogens (primary N) is 1. The van der Waals surface area contributed by atoms with Gasteiger partial charge in [0.25, 0.3) is 0 Å². The molecular weight excluding hydrogens is 228 g/mol.